The molecule has 1 aliphatic carbocycles. The molecule has 2 aromatic carbocycles. The van der Waals surface area contributed by atoms with Gasteiger partial charge in [0.2, 0.25) is 0 Å². The highest BCUT2D eigenvalue weighted by molar-refractivity contribution is 6.04. The lowest BCUT2D eigenvalue weighted by molar-refractivity contribution is -0.119. The van der Waals surface area contributed by atoms with E-state index in [-0.39, 0.29) is 23.1 Å². The van der Waals surface area contributed by atoms with E-state index in [4.69, 9.17) is 18.9 Å². The molecule has 3 rings (SSSR count). The second kappa shape index (κ2) is 12.4. The number of nitrogens with one attached hydrogen (secondary N) is 1. The SMILES string of the molecule is COc1ccc(OC)c(NC(=O)COC(=O)c2ccccc2C(=O)O[C@@H]2C[C@H](C)CC[C@H]2C(C)C)c1. The van der Waals surface area contributed by atoms with E-state index in [1.807, 2.05) is 0 Å². The van der Waals surface area contributed by atoms with E-state index in [1.165, 1.54) is 26.4 Å². The summed E-state index contributed by atoms with van der Waals surface area (Å²) >= 11 is 0. The molecule has 3 atom stereocenters. The van der Waals surface area contributed by atoms with Crippen molar-refractivity contribution in [1.29, 1.82) is 0 Å². The van der Waals surface area contributed by atoms with Crippen LogP contribution in [0.1, 0.15) is 60.7 Å². The van der Waals surface area contributed by atoms with Crippen molar-refractivity contribution in [3.05, 3.63) is 53.6 Å². The molecule has 0 spiro atoms. The van der Waals surface area contributed by atoms with E-state index in [1.54, 1.807) is 30.3 Å². The molecule has 0 heterocycles. The number of carbonyl (C=O) groups is 3. The van der Waals surface area contributed by atoms with Crippen LogP contribution < -0.4 is 14.8 Å². The van der Waals surface area contributed by atoms with Crippen LogP contribution >= 0.6 is 0 Å². The van der Waals surface area contributed by atoms with Crippen molar-refractivity contribution >= 4 is 23.5 Å². The van der Waals surface area contributed by atoms with E-state index in [0.717, 1.165) is 19.3 Å². The molecule has 0 bridgehead atoms. The van der Waals surface area contributed by atoms with Gasteiger partial charge in [0.15, 0.2) is 6.61 Å². The van der Waals surface area contributed by atoms with Crippen LogP contribution in [0.2, 0.25) is 0 Å². The lowest BCUT2D eigenvalue weighted by atomic mass is 9.75. The molecule has 0 aliphatic heterocycles. The van der Waals surface area contributed by atoms with Gasteiger partial charge in [0.1, 0.15) is 17.6 Å². The Morgan fingerprint density at radius 3 is 2.31 bits per heavy atom. The Morgan fingerprint density at radius 2 is 1.67 bits per heavy atom. The first-order valence-electron chi connectivity index (χ1n) is 12.2. The molecular formula is C28H35NO7. The third kappa shape index (κ3) is 6.77. The van der Waals surface area contributed by atoms with Crippen LogP contribution in [0, 0.1) is 17.8 Å². The Morgan fingerprint density at radius 1 is 0.972 bits per heavy atom. The number of methoxy groups -OCH3 is 2. The Labute approximate surface area is 212 Å². The predicted molar refractivity (Wildman–Crippen MR) is 135 cm³/mol. The van der Waals surface area contributed by atoms with Crippen molar-refractivity contribution in [1.82, 2.24) is 0 Å². The molecule has 0 saturated heterocycles. The minimum Gasteiger partial charge on any atom is -0.497 e. The van der Waals surface area contributed by atoms with Gasteiger partial charge in [0.25, 0.3) is 5.91 Å². The van der Waals surface area contributed by atoms with Crippen molar-refractivity contribution < 1.29 is 33.3 Å². The lowest BCUT2D eigenvalue weighted by Gasteiger charge is -2.36. The fourth-order valence-corrected chi connectivity index (χ4v) is 4.60. The van der Waals surface area contributed by atoms with Crippen LogP contribution in [-0.4, -0.2) is 44.8 Å². The van der Waals surface area contributed by atoms with E-state index >= 15 is 0 Å². The van der Waals surface area contributed by atoms with Crippen LogP contribution in [0.25, 0.3) is 0 Å². The zero-order valence-corrected chi connectivity index (χ0v) is 21.5. The van der Waals surface area contributed by atoms with Crippen molar-refractivity contribution in [3.8, 4) is 11.5 Å². The molecule has 194 valence electrons. The minimum absolute atomic E-state index is 0.0548. The van der Waals surface area contributed by atoms with Gasteiger partial charge in [-0.25, -0.2) is 9.59 Å². The summed E-state index contributed by atoms with van der Waals surface area (Å²) in [6, 6.07) is 11.3. The maximum atomic E-state index is 13.1. The second-order valence-corrected chi connectivity index (χ2v) is 9.51. The maximum Gasteiger partial charge on any atom is 0.339 e. The quantitative estimate of drug-likeness (QED) is 0.480. The highest BCUT2D eigenvalue weighted by Gasteiger charge is 2.34. The summed E-state index contributed by atoms with van der Waals surface area (Å²) in [4.78, 5) is 38.4. The van der Waals surface area contributed by atoms with Gasteiger partial charge in [-0.2, -0.15) is 0 Å². The van der Waals surface area contributed by atoms with Crippen LogP contribution in [0.5, 0.6) is 11.5 Å². The first kappa shape index (κ1) is 27.0. The third-order valence-corrected chi connectivity index (χ3v) is 6.60. The van der Waals surface area contributed by atoms with Crippen molar-refractivity contribution in [2.75, 3.05) is 26.1 Å². The number of amides is 1. The summed E-state index contributed by atoms with van der Waals surface area (Å²) in [6.07, 6.45) is 2.72. The fraction of sp³-hybridized carbons (Fsp3) is 0.464. The smallest absolute Gasteiger partial charge is 0.339 e. The average molecular weight is 498 g/mol. The van der Waals surface area contributed by atoms with E-state index < -0.39 is 24.5 Å². The van der Waals surface area contributed by atoms with Crippen molar-refractivity contribution in [3.63, 3.8) is 0 Å². The van der Waals surface area contributed by atoms with Gasteiger partial charge < -0.3 is 24.3 Å². The number of carbonyl (C=O) groups excluding carboxylic acids is 3. The second-order valence-electron chi connectivity index (χ2n) is 9.51. The summed E-state index contributed by atoms with van der Waals surface area (Å²) in [5, 5.41) is 2.64. The highest BCUT2D eigenvalue weighted by atomic mass is 16.5. The van der Waals surface area contributed by atoms with Crippen LogP contribution in [0.4, 0.5) is 5.69 Å². The first-order valence-corrected chi connectivity index (χ1v) is 12.2. The van der Waals surface area contributed by atoms with Gasteiger partial charge in [0, 0.05) is 6.07 Å². The van der Waals surface area contributed by atoms with Gasteiger partial charge in [-0.3, -0.25) is 4.79 Å². The first-order chi connectivity index (χ1) is 17.2. The normalized spacial score (nSPS) is 19.3. The number of ether oxygens (including phenoxy) is 4. The summed E-state index contributed by atoms with van der Waals surface area (Å²) in [5.41, 5.74) is 0.556. The van der Waals surface area contributed by atoms with Crippen LogP contribution in [-0.2, 0) is 14.3 Å². The average Bonchev–Trinajstić information content (AvgIpc) is 2.87. The Balaban J connectivity index is 1.66. The summed E-state index contributed by atoms with van der Waals surface area (Å²) < 4.78 is 21.5. The highest BCUT2D eigenvalue weighted by Crippen LogP contribution is 2.36. The Hall–Kier alpha value is -3.55. The number of esters is 2. The molecule has 1 fully saturated rings. The van der Waals surface area contributed by atoms with Gasteiger partial charge in [0.05, 0.1) is 31.0 Å². The van der Waals surface area contributed by atoms with Gasteiger partial charge in [-0.1, -0.05) is 39.3 Å². The summed E-state index contributed by atoms with van der Waals surface area (Å²) in [7, 11) is 2.99. The Bertz CT molecular complexity index is 1080. The zero-order chi connectivity index (χ0) is 26.2. The molecule has 8 heteroatoms. The molecule has 1 saturated carbocycles. The standard InChI is InChI=1S/C28H35NO7/c1-17(2)20-12-10-18(3)14-25(20)36-28(32)22-9-7-6-8-21(22)27(31)35-16-26(30)29-23-15-19(33-4)11-13-24(23)34-5/h6-9,11,13,15,17-18,20,25H,10,12,14,16H2,1-5H3,(H,29,30)/t18-,20+,25-/m1/s1. The number of hydrogen-bond acceptors (Lipinski definition) is 7. The summed E-state index contributed by atoms with van der Waals surface area (Å²) in [6.45, 7) is 5.89. The largest absolute Gasteiger partial charge is 0.497 e. The molecule has 1 aliphatic rings. The summed E-state index contributed by atoms with van der Waals surface area (Å²) in [5.74, 6) is 0.193. The fourth-order valence-electron chi connectivity index (χ4n) is 4.60. The van der Waals surface area contributed by atoms with Gasteiger partial charge >= 0.3 is 11.9 Å². The van der Waals surface area contributed by atoms with Crippen molar-refractivity contribution in [2.24, 2.45) is 17.8 Å². The third-order valence-electron chi connectivity index (χ3n) is 6.60. The number of anilines is 1. The molecular weight excluding hydrogens is 462 g/mol. The molecule has 0 unspecified atom stereocenters. The molecule has 8 nitrogen and oxygen atoms in total. The zero-order valence-electron chi connectivity index (χ0n) is 21.5. The van der Waals surface area contributed by atoms with E-state index in [9.17, 15) is 14.4 Å². The minimum atomic E-state index is -0.785. The Kier molecular flexibility index (Phi) is 9.33. The molecule has 1 N–H and O–H groups in total. The van der Waals surface area contributed by atoms with Gasteiger partial charge in [-0.15, -0.1) is 0 Å². The number of benzene rings is 2. The maximum absolute atomic E-state index is 13.1. The van der Waals surface area contributed by atoms with Crippen LogP contribution in [0.3, 0.4) is 0 Å². The molecule has 0 aromatic heterocycles. The van der Waals surface area contributed by atoms with Crippen LogP contribution in [0.15, 0.2) is 42.5 Å². The number of hydrogen-bond donors (Lipinski definition) is 1. The molecule has 1 amide bonds. The van der Waals surface area contributed by atoms with Crippen molar-refractivity contribution in [2.45, 2.75) is 46.1 Å². The molecule has 0 radical (unpaired) electrons. The monoisotopic (exact) mass is 497 g/mol. The van der Waals surface area contributed by atoms with E-state index in [0.29, 0.717) is 29.0 Å². The predicted octanol–water partition coefficient (Wildman–Crippen LogP) is 5.12. The molecule has 36 heavy (non-hydrogen) atoms. The van der Waals surface area contributed by atoms with E-state index in [2.05, 4.69) is 26.1 Å². The topological polar surface area (TPSA) is 100 Å². The number of rotatable bonds is 9. The lowest BCUT2D eigenvalue weighted by Crippen LogP contribution is -2.36. The molecule has 2 aromatic rings. The van der Waals surface area contributed by atoms with Gasteiger partial charge in [-0.05, 0) is 54.9 Å².